The maximum atomic E-state index is 12.3. The zero-order valence-corrected chi connectivity index (χ0v) is 7.22. The Morgan fingerprint density at radius 3 is 2.75 bits per heavy atom. The molecule has 0 radical (unpaired) electrons. The van der Waals surface area contributed by atoms with Gasteiger partial charge in [0.25, 0.3) is 0 Å². The van der Waals surface area contributed by atoms with Crippen LogP contribution in [-0.2, 0) is 0 Å². The minimum atomic E-state index is -0.324. The number of rotatable bonds is 2. The molecule has 1 aromatic rings. The van der Waals surface area contributed by atoms with E-state index in [0.29, 0.717) is 6.54 Å². The molecule has 2 nitrogen and oxygen atoms in total. The first kappa shape index (κ1) is 11.1. The second-order valence-electron chi connectivity index (χ2n) is 2.04. The molecule has 1 rings (SSSR count). The van der Waals surface area contributed by atoms with Crippen molar-refractivity contribution in [2.24, 2.45) is 5.73 Å². The van der Waals surface area contributed by atoms with Gasteiger partial charge < -0.3 is 5.73 Å². The number of hydrogen-bond acceptors (Lipinski definition) is 2. The normalized spacial score (nSPS) is 9.83. The average Bonchev–Trinajstić information content (AvgIpc) is 2.04. The molecule has 0 aliphatic rings. The third-order valence-corrected chi connectivity index (χ3v) is 1.17. The fourth-order valence-corrected chi connectivity index (χ4v) is 0.675. The number of halogens is 2. The predicted molar refractivity (Wildman–Crippen MR) is 49.5 cm³/mol. The van der Waals surface area contributed by atoms with Gasteiger partial charge in [0.15, 0.2) is 0 Å². The first-order valence-corrected chi connectivity index (χ1v) is 3.31. The van der Waals surface area contributed by atoms with Crippen LogP contribution in [0.15, 0.2) is 24.4 Å². The smallest absolute Gasteiger partial charge is 0.141 e. The molecule has 0 aromatic carbocycles. The Balaban J connectivity index is 0.00000121. The third kappa shape index (κ3) is 3.46. The zero-order valence-electron chi connectivity index (χ0n) is 6.40. The van der Waals surface area contributed by atoms with Gasteiger partial charge in [-0.25, -0.2) is 4.39 Å². The number of nitrogens with zero attached hydrogens (tertiary/aromatic N) is 1. The van der Waals surface area contributed by atoms with E-state index in [1.165, 1.54) is 12.3 Å². The van der Waals surface area contributed by atoms with Gasteiger partial charge in [0, 0.05) is 6.54 Å². The Bertz CT molecular complexity index is 246. The lowest BCUT2D eigenvalue weighted by molar-refractivity contribution is 0.621. The van der Waals surface area contributed by atoms with Crippen molar-refractivity contribution in [3.63, 3.8) is 0 Å². The van der Waals surface area contributed by atoms with E-state index >= 15 is 0 Å². The van der Waals surface area contributed by atoms with Crippen molar-refractivity contribution >= 4 is 18.5 Å². The third-order valence-electron chi connectivity index (χ3n) is 1.17. The van der Waals surface area contributed by atoms with Crippen molar-refractivity contribution in [3.8, 4) is 0 Å². The number of aromatic nitrogens is 1. The van der Waals surface area contributed by atoms with Crippen molar-refractivity contribution in [3.05, 3.63) is 35.9 Å². The second-order valence-corrected chi connectivity index (χ2v) is 2.04. The van der Waals surface area contributed by atoms with Crippen LogP contribution in [-0.4, -0.2) is 11.5 Å². The Hall–Kier alpha value is -0.930. The standard InChI is InChI=1S/C8H9FN2.ClH/c9-7-3-4-8(11-6-7)2-1-5-10;/h1-4,6H,5,10H2;1H/b2-1+;. The SMILES string of the molecule is Cl.NC/C=C/c1ccc(F)cn1. The Morgan fingerprint density at radius 1 is 1.50 bits per heavy atom. The molecule has 1 aromatic heterocycles. The molecule has 0 unspecified atom stereocenters. The summed E-state index contributed by atoms with van der Waals surface area (Å²) >= 11 is 0. The lowest BCUT2D eigenvalue weighted by Gasteiger charge is -1.90. The molecule has 1 heterocycles. The fourth-order valence-electron chi connectivity index (χ4n) is 0.675. The molecule has 0 aliphatic heterocycles. The molecule has 0 atom stereocenters. The summed E-state index contributed by atoms with van der Waals surface area (Å²) in [5, 5.41) is 0. The highest BCUT2D eigenvalue weighted by molar-refractivity contribution is 5.85. The molecule has 0 aliphatic carbocycles. The molecule has 0 fully saturated rings. The first-order valence-electron chi connectivity index (χ1n) is 3.31. The largest absolute Gasteiger partial charge is 0.327 e. The molecule has 0 spiro atoms. The van der Waals surface area contributed by atoms with E-state index in [2.05, 4.69) is 4.98 Å². The van der Waals surface area contributed by atoms with Crippen LogP contribution in [0.2, 0.25) is 0 Å². The number of nitrogens with two attached hydrogens (primary N) is 1. The second kappa shape index (κ2) is 5.69. The summed E-state index contributed by atoms with van der Waals surface area (Å²) in [6.45, 7) is 0.471. The highest BCUT2D eigenvalue weighted by Crippen LogP contribution is 1.99. The Labute approximate surface area is 76.7 Å². The van der Waals surface area contributed by atoms with Gasteiger partial charge in [-0.3, -0.25) is 4.98 Å². The Kier molecular flexibility index (Phi) is 5.25. The van der Waals surface area contributed by atoms with Crippen molar-refractivity contribution < 1.29 is 4.39 Å². The molecular weight excluding hydrogens is 179 g/mol. The molecule has 4 heteroatoms. The van der Waals surface area contributed by atoms with Gasteiger partial charge in [-0.1, -0.05) is 6.08 Å². The topological polar surface area (TPSA) is 38.9 Å². The van der Waals surface area contributed by atoms with E-state index in [9.17, 15) is 4.39 Å². The number of hydrogen-bond donors (Lipinski definition) is 1. The van der Waals surface area contributed by atoms with Gasteiger partial charge in [0.05, 0.1) is 11.9 Å². The Morgan fingerprint density at radius 2 is 2.25 bits per heavy atom. The summed E-state index contributed by atoms with van der Waals surface area (Å²) in [5.74, 6) is -0.324. The van der Waals surface area contributed by atoms with Crippen molar-refractivity contribution in [2.75, 3.05) is 6.54 Å². The average molecular weight is 189 g/mol. The van der Waals surface area contributed by atoms with Gasteiger partial charge >= 0.3 is 0 Å². The molecule has 0 saturated heterocycles. The maximum Gasteiger partial charge on any atom is 0.141 e. The van der Waals surface area contributed by atoms with E-state index in [0.717, 1.165) is 5.69 Å². The zero-order chi connectivity index (χ0) is 8.10. The van der Waals surface area contributed by atoms with Gasteiger partial charge in [0.2, 0.25) is 0 Å². The van der Waals surface area contributed by atoms with Crippen LogP contribution in [0, 0.1) is 5.82 Å². The van der Waals surface area contributed by atoms with Gasteiger partial charge in [-0.15, -0.1) is 12.4 Å². The molecule has 0 bridgehead atoms. The molecular formula is C8H10ClFN2. The summed E-state index contributed by atoms with van der Waals surface area (Å²) in [6.07, 6.45) is 4.69. The lowest BCUT2D eigenvalue weighted by atomic mass is 10.3. The van der Waals surface area contributed by atoms with E-state index in [1.807, 2.05) is 0 Å². The molecule has 0 saturated carbocycles. The molecule has 12 heavy (non-hydrogen) atoms. The minimum absolute atomic E-state index is 0. The van der Waals surface area contributed by atoms with Crippen molar-refractivity contribution in [1.29, 1.82) is 0 Å². The van der Waals surface area contributed by atoms with Crippen LogP contribution in [0.4, 0.5) is 4.39 Å². The lowest BCUT2D eigenvalue weighted by Crippen LogP contribution is -1.92. The highest BCUT2D eigenvalue weighted by Gasteiger charge is 1.88. The van der Waals surface area contributed by atoms with Gasteiger partial charge in [0.1, 0.15) is 5.82 Å². The van der Waals surface area contributed by atoms with Crippen LogP contribution in [0.5, 0.6) is 0 Å². The van der Waals surface area contributed by atoms with Gasteiger partial charge in [-0.2, -0.15) is 0 Å². The summed E-state index contributed by atoms with van der Waals surface area (Å²) < 4.78 is 12.3. The van der Waals surface area contributed by atoms with Crippen LogP contribution < -0.4 is 5.73 Å². The maximum absolute atomic E-state index is 12.3. The molecule has 66 valence electrons. The summed E-state index contributed by atoms with van der Waals surface area (Å²) in [4.78, 5) is 3.80. The monoisotopic (exact) mass is 188 g/mol. The highest BCUT2D eigenvalue weighted by atomic mass is 35.5. The van der Waals surface area contributed by atoms with Gasteiger partial charge in [-0.05, 0) is 18.2 Å². The van der Waals surface area contributed by atoms with E-state index < -0.39 is 0 Å². The first-order chi connectivity index (χ1) is 5.33. The van der Waals surface area contributed by atoms with E-state index in [-0.39, 0.29) is 18.2 Å². The van der Waals surface area contributed by atoms with Crippen molar-refractivity contribution in [2.45, 2.75) is 0 Å². The van der Waals surface area contributed by atoms with Crippen LogP contribution in [0.25, 0.3) is 6.08 Å². The summed E-state index contributed by atoms with van der Waals surface area (Å²) in [7, 11) is 0. The van der Waals surface area contributed by atoms with Crippen molar-refractivity contribution in [1.82, 2.24) is 4.98 Å². The molecule has 2 N–H and O–H groups in total. The van der Waals surface area contributed by atoms with Crippen LogP contribution >= 0.6 is 12.4 Å². The predicted octanol–water partition coefficient (Wildman–Crippen LogP) is 1.61. The summed E-state index contributed by atoms with van der Waals surface area (Å²) in [5.41, 5.74) is 5.94. The molecule has 0 amide bonds. The summed E-state index contributed by atoms with van der Waals surface area (Å²) in [6, 6.07) is 2.96. The fraction of sp³-hybridized carbons (Fsp3) is 0.125. The number of pyridine rings is 1. The van der Waals surface area contributed by atoms with Crippen LogP contribution in [0.1, 0.15) is 5.69 Å². The van der Waals surface area contributed by atoms with E-state index in [1.54, 1.807) is 18.2 Å². The van der Waals surface area contributed by atoms with Crippen LogP contribution in [0.3, 0.4) is 0 Å². The van der Waals surface area contributed by atoms with E-state index in [4.69, 9.17) is 5.73 Å². The quantitative estimate of drug-likeness (QED) is 0.766. The minimum Gasteiger partial charge on any atom is -0.327 e.